The van der Waals surface area contributed by atoms with Crippen LogP contribution in [0.2, 0.25) is 0 Å². The molecule has 27 heavy (non-hydrogen) atoms. The highest BCUT2D eigenvalue weighted by Crippen LogP contribution is 2.31. The van der Waals surface area contributed by atoms with Crippen molar-refractivity contribution < 1.29 is 14.5 Å². The van der Waals surface area contributed by atoms with Crippen molar-refractivity contribution in [1.29, 1.82) is 0 Å². The summed E-state index contributed by atoms with van der Waals surface area (Å²) in [6, 6.07) is 8.73. The van der Waals surface area contributed by atoms with E-state index in [1.165, 1.54) is 16.2 Å². The smallest absolute Gasteiger partial charge is 0.275 e. The number of fused-ring (bicyclic) bond motifs is 1. The Balaban J connectivity index is 1.49. The van der Waals surface area contributed by atoms with E-state index in [-0.39, 0.29) is 17.4 Å². The van der Waals surface area contributed by atoms with E-state index in [1.807, 2.05) is 31.7 Å². The van der Waals surface area contributed by atoms with E-state index in [2.05, 4.69) is 35.3 Å². The Bertz CT molecular complexity index is 690. The molecule has 0 radical (unpaired) electrons. The van der Waals surface area contributed by atoms with Gasteiger partial charge in [-0.2, -0.15) is 0 Å². The number of nitrogens with zero attached hydrogens (tertiary/aromatic N) is 2. The topological polar surface area (TPSA) is 57.1 Å². The van der Waals surface area contributed by atoms with Gasteiger partial charge in [0.15, 0.2) is 6.54 Å². The number of quaternary nitrogens is 1. The molecule has 3 rings (SSSR count). The number of nitrogens with one attached hydrogen (secondary N) is 2. The Morgan fingerprint density at radius 3 is 2.52 bits per heavy atom. The minimum Gasteiger partial charge on any atom is -0.359 e. The standard InChI is InChI=1S/C21H32N4O2/c1-16-13-17-7-5-6-8-18(17)25(16)15-20(27)24-11-9-23(10-12-24)14-19(26)22-21(2,3)4/h5-8,16H,9-15H2,1-4H3,(H,22,26)/p+1/t16-/m1/s1. The predicted octanol–water partition coefficient (Wildman–Crippen LogP) is 0.0794. The van der Waals surface area contributed by atoms with Crippen molar-refractivity contribution in [3.8, 4) is 0 Å². The third-order valence-electron chi connectivity index (χ3n) is 5.40. The molecule has 0 bridgehead atoms. The summed E-state index contributed by atoms with van der Waals surface area (Å²) in [5.74, 6) is 0.275. The van der Waals surface area contributed by atoms with Gasteiger partial charge >= 0.3 is 0 Å². The van der Waals surface area contributed by atoms with Gasteiger partial charge in [0.25, 0.3) is 5.91 Å². The summed E-state index contributed by atoms with van der Waals surface area (Å²) < 4.78 is 0. The predicted molar refractivity (Wildman–Crippen MR) is 107 cm³/mol. The molecule has 1 saturated heterocycles. The molecular formula is C21H33N4O2+. The van der Waals surface area contributed by atoms with Crippen LogP contribution in [0.15, 0.2) is 24.3 Å². The summed E-state index contributed by atoms with van der Waals surface area (Å²) in [7, 11) is 0. The molecule has 0 unspecified atom stereocenters. The summed E-state index contributed by atoms with van der Waals surface area (Å²) in [5.41, 5.74) is 2.33. The van der Waals surface area contributed by atoms with Crippen molar-refractivity contribution in [3.63, 3.8) is 0 Å². The van der Waals surface area contributed by atoms with E-state index < -0.39 is 0 Å². The van der Waals surface area contributed by atoms with Crippen molar-refractivity contribution in [2.45, 2.75) is 45.7 Å². The van der Waals surface area contributed by atoms with Gasteiger partial charge in [-0.25, -0.2) is 0 Å². The molecule has 1 fully saturated rings. The van der Waals surface area contributed by atoms with Gasteiger partial charge < -0.3 is 20.0 Å². The van der Waals surface area contributed by atoms with Crippen LogP contribution in [0.3, 0.4) is 0 Å². The largest absolute Gasteiger partial charge is 0.359 e. The zero-order chi connectivity index (χ0) is 19.6. The van der Waals surface area contributed by atoms with E-state index in [9.17, 15) is 9.59 Å². The van der Waals surface area contributed by atoms with Crippen molar-refractivity contribution in [2.24, 2.45) is 0 Å². The normalized spacial score (nSPS) is 20.5. The third kappa shape index (κ3) is 5.01. The number of amides is 2. The Morgan fingerprint density at radius 1 is 1.19 bits per heavy atom. The van der Waals surface area contributed by atoms with Crippen molar-refractivity contribution in [1.82, 2.24) is 10.2 Å². The van der Waals surface area contributed by atoms with Gasteiger partial charge in [-0.15, -0.1) is 0 Å². The molecule has 1 aromatic carbocycles. The van der Waals surface area contributed by atoms with E-state index in [1.54, 1.807) is 0 Å². The SMILES string of the molecule is C[C@@H]1Cc2ccccc2N1CC(=O)N1CC[NH+](CC(=O)NC(C)(C)C)CC1. The molecule has 2 amide bonds. The minimum absolute atomic E-state index is 0.0831. The zero-order valence-electron chi connectivity index (χ0n) is 17.0. The van der Waals surface area contributed by atoms with Crippen LogP contribution in [-0.2, 0) is 16.0 Å². The molecule has 6 nitrogen and oxygen atoms in total. The molecule has 0 spiro atoms. The lowest BCUT2D eigenvalue weighted by Crippen LogP contribution is -3.16. The monoisotopic (exact) mass is 373 g/mol. The van der Waals surface area contributed by atoms with Gasteiger partial charge in [0.2, 0.25) is 5.91 Å². The Hall–Kier alpha value is -2.08. The molecule has 148 valence electrons. The molecule has 0 aromatic heterocycles. The van der Waals surface area contributed by atoms with Crippen molar-refractivity contribution in [2.75, 3.05) is 44.2 Å². The second-order valence-corrected chi connectivity index (χ2v) is 8.92. The molecule has 1 aromatic rings. The number of carbonyl (C=O) groups is 2. The highest BCUT2D eigenvalue weighted by atomic mass is 16.2. The van der Waals surface area contributed by atoms with Crippen molar-refractivity contribution >= 4 is 17.5 Å². The van der Waals surface area contributed by atoms with E-state index >= 15 is 0 Å². The number of rotatable bonds is 4. The molecule has 2 aliphatic rings. The van der Waals surface area contributed by atoms with Gasteiger partial charge in [0.05, 0.1) is 32.7 Å². The van der Waals surface area contributed by atoms with Crippen LogP contribution < -0.4 is 15.1 Å². The van der Waals surface area contributed by atoms with Gasteiger partial charge in [-0.3, -0.25) is 9.59 Å². The Kier molecular flexibility index (Phi) is 5.75. The maximum Gasteiger partial charge on any atom is 0.275 e. The lowest BCUT2D eigenvalue weighted by molar-refractivity contribution is -0.896. The molecule has 2 aliphatic heterocycles. The van der Waals surface area contributed by atoms with Crippen LogP contribution >= 0.6 is 0 Å². The van der Waals surface area contributed by atoms with Crippen LogP contribution in [0.4, 0.5) is 5.69 Å². The number of piperazine rings is 1. The van der Waals surface area contributed by atoms with Crippen LogP contribution in [0, 0.1) is 0 Å². The average molecular weight is 374 g/mol. The van der Waals surface area contributed by atoms with Crippen LogP contribution in [0.25, 0.3) is 0 Å². The second-order valence-electron chi connectivity index (χ2n) is 8.92. The first-order valence-electron chi connectivity index (χ1n) is 10.00. The van der Waals surface area contributed by atoms with E-state index in [0.717, 1.165) is 32.6 Å². The zero-order valence-corrected chi connectivity index (χ0v) is 17.0. The van der Waals surface area contributed by atoms with Gasteiger partial charge in [0, 0.05) is 17.3 Å². The first-order chi connectivity index (χ1) is 12.7. The summed E-state index contributed by atoms with van der Waals surface area (Å²) >= 11 is 0. The number of benzene rings is 1. The quantitative estimate of drug-likeness (QED) is 0.786. The highest BCUT2D eigenvalue weighted by molar-refractivity contribution is 5.83. The van der Waals surface area contributed by atoms with Crippen LogP contribution in [0.5, 0.6) is 0 Å². The van der Waals surface area contributed by atoms with E-state index in [4.69, 9.17) is 0 Å². The molecule has 2 heterocycles. The van der Waals surface area contributed by atoms with Gasteiger partial charge in [0.1, 0.15) is 0 Å². The summed E-state index contributed by atoms with van der Waals surface area (Å²) in [6.45, 7) is 12.2. The third-order valence-corrected chi connectivity index (χ3v) is 5.40. The Morgan fingerprint density at radius 2 is 1.85 bits per heavy atom. The molecule has 2 N–H and O–H groups in total. The fraction of sp³-hybridized carbons (Fsp3) is 0.619. The number of hydrogen-bond acceptors (Lipinski definition) is 3. The summed E-state index contributed by atoms with van der Waals surface area (Å²) in [6.07, 6.45) is 1.00. The fourth-order valence-electron chi connectivity index (χ4n) is 4.05. The fourth-order valence-corrected chi connectivity index (χ4v) is 4.05. The minimum atomic E-state index is -0.197. The van der Waals surface area contributed by atoms with Gasteiger partial charge in [-0.05, 0) is 45.7 Å². The summed E-state index contributed by atoms with van der Waals surface area (Å²) in [5, 5.41) is 3.02. The number of carbonyl (C=O) groups excluding carboxylic acids is 2. The second kappa shape index (κ2) is 7.89. The summed E-state index contributed by atoms with van der Waals surface area (Å²) in [4.78, 5) is 30.4. The molecular weight excluding hydrogens is 340 g/mol. The molecule has 1 atom stereocenters. The lowest BCUT2D eigenvalue weighted by atomic mass is 10.1. The Labute approximate surface area is 162 Å². The number of para-hydroxylation sites is 1. The average Bonchev–Trinajstić information content (AvgIpc) is 2.89. The molecule has 0 aliphatic carbocycles. The van der Waals surface area contributed by atoms with Crippen LogP contribution in [0.1, 0.15) is 33.3 Å². The highest BCUT2D eigenvalue weighted by Gasteiger charge is 2.31. The number of hydrogen-bond donors (Lipinski definition) is 2. The first kappa shape index (κ1) is 19.7. The van der Waals surface area contributed by atoms with E-state index in [0.29, 0.717) is 19.1 Å². The maximum absolute atomic E-state index is 12.8. The molecule has 0 saturated carbocycles. The molecule has 6 heteroatoms. The maximum atomic E-state index is 12.8. The van der Waals surface area contributed by atoms with Gasteiger partial charge in [-0.1, -0.05) is 18.2 Å². The van der Waals surface area contributed by atoms with Crippen molar-refractivity contribution in [3.05, 3.63) is 29.8 Å². The first-order valence-corrected chi connectivity index (χ1v) is 10.00. The van der Waals surface area contributed by atoms with Crippen LogP contribution in [-0.4, -0.2) is 67.6 Å². The lowest BCUT2D eigenvalue weighted by Gasteiger charge is -2.34. The number of anilines is 1.